The monoisotopic (exact) mass is 246 g/mol. The van der Waals surface area contributed by atoms with Gasteiger partial charge in [0.15, 0.2) is 0 Å². The quantitative estimate of drug-likeness (QED) is 0.892. The zero-order valence-corrected chi connectivity index (χ0v) is 10.4. The number of hydrogen-bond donors (Lipinski definition) is 1. The van der Waals surface area contributed by atoms with Crippen LogP contribution in [0.4, 0.5) is 10.2 Å². The molecule has 3 nitrogen and oxygen atoms in total. The maximum Gasteiger partial charge on any atom is 0.221 e. The molecule has 0 amide bonds. The molecule has 0 aliphatic heterocycles. The van der Waals surface area contributed by atoms with Gasteiger partial charge in [-0.1, -0.05) is 6.07 Å². The van der Waals surface area contributed by atoms with Crippen LogP contribution in [0.1, 0.15) is 12.5 Å². The molecular weight excluding hydrogens is 231 g/mol. The lowest BCUT2D eigenvalue weighted by Crippen LogP contribution is -1.99. The Kier molecular flexibility index (Phi) is 3.77. The van der Waals surface area contributed by atoms with E-state index in [0.29, 0.717) is 11.6 Å². The molecule has 0 saturated heterocycles. The maximum absolute atomic E-state index is 13.0. The molecule has 0 spiro atoms. The first-order valence-corrected chi connectivity index (χ1v) is 5.84. The summed E-state index contributed by atoms with van der Waals surface area (Å²) in [5.41, 5.74) is 0.741. The number of nitrogens with zero attached hydrogens (tertiary/aromatic N) is 1. The largest absolute Gasteiger partial charge is 0.439 e. The second-order valence-corrected chi connectivity index (χ2v) is 3.90. The third-order valence-corrected chi connectivity index (χ3v) is 2.43. The van der Waals surface area contributed by atoms with Gasteiger partial charge >= 0.3 is 0 Å². The van der Waals surface area contributed by atoms with Gasteiger partial charge in [-0.15, -0.1) is 0 Å². The molecule has 0 atom stereocenters. The molecule has 94 valence electrons. The second-order valence-electron chi connectivity index (χ2n) is 3.90. The summed E-state index contributed by atoms with van der Waals surface area (Å²) in [6.45, 7) is 4.60. The van der Waals surface area contributed by atoms with Crippen molar-refractivity contribution in [3.8, 4) is 11.6 Å². The molecule has 0 bridgehead atoms. The minimum absolute atomic E-state index is 0.269. The summed E-state index contributed by atoms with van der Waals surface area (Å²) in [5, 5.41) is 3.11. The van der Waals surface area contributed by atoms with Crippen LogP contribution in [0.15, 0.2) is 36.4 Å². The molecule has 1 heterocycles. The average Bonchev–Trinajstić information content (AvgIpc) is 2.34. The molecule has 0 radical (unpaired) electrons. The van der Waals surface area contributed by atoms with Crippen LogP contribution in [0.25, 0.3) is 0 Å². The number of benzene rings is 1. The van der Waals surface area contributed by atoms with E-state index in [2.05, 4.69) is 10.3 Å². The van der Waals surface area contributed by atoms with Crippen LogP contribution in [-0.2, 0) is 0 Å². The van der Waals surface area contributed by atoms with Crippen LogP contribution in [-0.4, -0.2) is 11.5 Å². The normalized spacial score (nSPS) is 10.2. The molecule has 0 aliphatic rings. The highest BCUT2D eigenvalue weighted by Crippen LogP contribution is 2.24. The van der Waals surface area contributed by atoms with Crippen molar-refractivity contribution in [2.24, 2.45) is 0 Å². The van der Waals surface area contributed by atoms with Crippen molar-refractivity contribution in [2.45, 2.75) is 13.8 Å². The van der Waals surface area contributed by atoms with Gasteiger partial charge in [0.25, 0.3) is 0 Å². The highest BCUT2D eigenvalue weighted by atomic mass is 19.1. The lowest BCUT2D eigenvalue weighted by atomic mass is 10.2. The minimum Gasteiger partial charge on any atom is -0.439 e. The zero-order valence-electron chi connectivity index (χ0n) is 10.4. The molecule has 0 unspecified atom stereocenters. The fourth-order valence-corrected chi connectivity index (χ4v) is 1.59. The first kappa shape index (κ1) is 12.4. The van der Waals surface area contributed by atoms with Crippen LogP contribution in [0.5, 0.6) is 11.6 Å². The summed E-state index contributed by atoms with van der Waals surface area (Å²) in [4.78, 5) is 4.29. The van der Waals surface area contributed by atoms with Crippen molar-refractivity contribution in [2.75, 3.05) is 11.9 Å². The lowest BCUT2D eigenvalue weighted by Gasteiger charge is -2.09. The molecular formula is C14H15FN2O. The summed E-state index contributed by atoms with van der Waals surface area (Å²) >= 11 is 0. The molecule has 0 saturated carbocycles. The molecule has 1 N–H and O–H groups in total. The van der Waals surface area contributed by atoms with Crippen molar-refractivity contribution in [1.82, 2.24) is 4.98 Å². The van der Waals surface area contributed by atoms with Gasteiger partial charge in [0, 0.05) is 12.6 Å². The first-order valence-electron chi connectivity index (χ1n) is 5.84. The first-order chi connectivity index (χ1) is 8.69. The van der Waals surface area contributed by atoms with E-state index in [9.17, 15) is 4.39 Å². The molecule has 1 aromatic carbocycles. The summed E-state index contributed by atoms with van der Waals surface area (Å²) < 4.78 is 18.6. The van der Waals surface area contributed by atoms with E-state index in [0.717, 1.165) is 17.9 Å². The summed E-state index contributed by atoms with van der Waals surface area (Å²) in [7, 11) is 0. The fraction of sp³-hybridized carbons (Fsp3) is 0.214. The molecule has 0 aliphatic carbocycles. The van der Waals surface area contributed by atoms with Crippen molar-refractivity contribution < 1.29 is 9.13 Å². The van der Waals surface area contributed by atoms with Gasteiger partial charge in [-0.2, -0.15) is 4.98 Å². The Hall–Kier alpha value is -2.10. The number of aromatic nitrogens is 1. The zero-order chi connectivity index (χ0) is 13.0. The van der Waals surface area contributed by atoms with E-state index in [1.54, 1.807) is 19.1 Å². The Morgan fingerprint density at radius 2 is 2.11 bits per heavy atom. The predicted octanol–water partition coefficient (Wildman–Crippen LogP) is 3.75. The number of ether oxygens (including phenoxy) is 1. The van der Waals surface area contributed by atoms with Crippen molar-refractivity contribution in [3.63, 3.8) is 0 Å². The topological polar surface area (TPSA) is 34.1 Å². The summed E-state index contributed by atoms with van der Waals surface area (Å²) in [6, 6.07) is 9.91. The van der Waals surface area contributed by atoms with Crippen molar-refractivity contribution >= 4 is 5.82 Å². The van der Waals surface area contributed by atoms with E-state index < -0.39 is 0 Å². The smallest absolute Gasteiger partial charge is 0.221 e. The standard InChI is InChI=1S/C14H15FN2O/c1-3-16-13-5-4-6-14(17-13)18-12-8-7-11(15)9-10(12)2/h4-9H,3H2,1-2H3,(H,16,17). The van der Waals surface area contributed by atoms with Gasteiger partial charge in [0.05, 0.1) is 0 Å². The highest BCUT2D eigenvalue weighted by molar-refractivity contribution is 5.40. The Morgan fingerprint density at radius 3 is 2.83 bits per heavy atom. The molecule has 1 aromatic heterocycles. The van der Waals surface area contributed by atoms with Gasteiger partial charge in [-0.25, -0.2) is 4.39 Å². The maximum atomic E-state index is 13.0. The van der Waals surface area contributed by atoms with Gasteiger partial charge in [-0.05, 0) is 43.7 Å². The molecule has 18 heavy (non-hydrogen) atoms. The van der Waals surface area contributed by atoms with E-state index in [1.807, 2.05) is 19.1 Å². The number of nitrogens with one attached hydrogen (secondary N) is 1. The number of anilines is 1. The Labute approximate surface area is 106 Å². The Balaban J connectivity index is 2.20. The molecule has 0 fully saturated rings. The van der Waals surface area contributed by atoms with E-state index in [4.69, 9.17) is 4.74 Å². The number of rotatable bonds is 4. The Morgan fingerprint density at radius 1 is 1.28 bits per heavy atom. The Bertz CT molecular complexity index is 543. The SMILES string of the molecule is CCNc1cccc(Oc2ccc(F)cc2C)n1. The van der Waals surface area contributed by atoms with Gasteiger partial charge in [0.2, 0.25) is 5.88 Å². The third kappa shape index (κ3) is 2.97. The van der Waals surface area contributed by atoms with Crippen LogP contribution in [0, 0.1) is 12.7 Å². The fourth-order valence-electron chi connectivity index (χ4n) is 1.59. The van der Waals surface area contributed by atoms with Crippen LogP contribution >= 0.6 is 0 Å². The van der Waals surface area contributed by atoms with Crippen molar-refractivity contribution in [3.05, 3.63) is 47.8 Å². The van der Waals surface area contributed by atoms with Crippen molar-refractivity contribution in [1.29, 1.82) is 0 Å². The third-order valence-electron chi connectivity index (χ3n) is 2.43. The average molecular weight is 246 g/mol. The summed E-state index contributed by atoms with van der Waals surface area (Å²) in [6.07, 6.45) is 0. The van der Waals surface area contributed by atoms with Crippen LogP contribution in [0.3, 0.4) is 0 Å². The molecule has 2 aromatic rings. The van der Waals surface area contributed by atoms with E-state index in [-0.39, 0.29) is 5.82 Å². The second kappa shape index (κ2) is 5.49. The molecule has 2 rings (SSSR count). The van der Waals surface area contributed by atoms with Crippen LogP contribution in [0.2, 0.25) is 0 Å². The van der Waals surface area contributed by atoms with Gasteiger partial charge in [-0.3, -0.25) is 0 Å². The van der Waals surface area contributed by atoms with Gasteiger partial charge in [0.1, 0.15) is 17.4 Å². The molecule has 4 heteroatoms. The number of pyridine rings is 1. The summed E-state index contributed by atoms with van der Waals surface area (Å²) in [5.74, 6) is 1.59. The van der Waals surface area contributed by atoms with E-state index in [1.165, 1.54) is 12.1 Å². The minimum atomic E-state index is -0.269. The van der Waals surface area contributed by atoms with E-state index >= 15 is 0 Å². The van der Waals surface area contributed by atoms with Gasteiger partial charge < -0.3 is 10.1 Å². The van der Waals surface area contributed by atoms with Crippen LogP contribution < -0.4 is 10.1 Å². The number of halogens is 1. The lowest BCUT2D eigenvalue weighted by molar-refractivity contribution is 0.458. The predicted molar refractivity (Wildman–Crippen MR) is 69.6 cm³/mol. The number of hydrogen-bond acceptors (Lipinski definition) is 3. The highest BCUT2D eigenvalue weighted by Gasteiger charge is 2.04. The number of aryl methyl sites for hydroxylation is 1.